The van der Waals surface area contributed by atoms with E-state index in [9.17, 15) is 0 Å². The van der Waals surface area contributed by atoms with Crippen LogP contribution in [0.25, 0.3) is 0 Å². The fourth-order valence-electron chi connectivity index (χ4n) is 2.66. The molecule has 1 aromatic carbocycles. The van der Waals surface area contributed by atoms with Gasteiger partial charge in [-0.2, -0.15) is 0 Å². The van der Waals surface area contributed by atoms with Crippen molar-refractivity contribution in [1.82, 2.24) is 4.90 Å². The molecule has 0 heterocycles. The molecule has 0 saturated carbocycles. The number of allylic oxidation sites excluding steroid dienone is 8. The third-order valence-electron chi connectivity index (χ3n) is 3.85. The molecule has 0 aliphatic heterocycles. The predicted molar refractivity (Wildman–Crippen MR) is 101 cm³/mol. The van der Waals surface area contributed by atoms with Crippen molar-refractivity contribution in [2.45, 2.75) is 25.3 Å². The summed E-state index contributed by atoms with van der Waals surface area (Å²) in [6.45, 7) is 7.77. The van der Waals surface area contributed by atoms with Crippen LogP contribution in [-0.4, -0.2) is 10.9 Å². The molecule has 1 atom stereocenters. The fourth-order valence-corrected chi connectivity index (χ4v) is 2.66. The molecular formula is C22H25N. The Morgan fingerprint density at radius 3 is 2.57 bits per heavy atom. The fraction of sp³-hybridized carbons (Fsp3) is 0.182. The topological polar surface area (TPSA) is 3.24 Å². The van der Waals surface area contributed by atoms with Crippen LogP contribution in [0.15, 0.2) is 104 Å². The van der Waals surface area contributed by atoms with Gasteiger partial charge in [-0.1, -0.05) is 73.4 Å². The molecule has 0 radical (unpaired) electrons. The normalized spacial score (nSPS) is 15.6. The van der Waals surface area contributed by atoms with Crippen LogP contribution in [0.1, 0.15) is 18.4 Å². The quantitative estimate of drug-likeness (QED) is 0.448. The van der Waals surface area contributed by atoms with E-state index < -0.39 is 0 Å². The minimum atomic E-state index is 0.239. The van der Waals surface area contributed by atoms with E-state index in [0.717, 1.165) is 19.3 Å². The Bertz CT molecular complexity index is 617. The Balaban J connectivity index is 2.22. The van der Waals surface area contributed by atoms with Gasteiger partial charge in [-0.15, -0.1) is 6.58 Å². The molecule has 118 valence electrons. The standard InChI is InChI=1S/C22H25N/c1-3-5-6-13-18-23(22-16-11-8-12-17-22)21(4-2)19-20-14-9-7-10-15-20/h3-11,13-16,18,21H,1-2,12,17,19H2/b6-5-,18-13+. The van der Waals surface area contributed by atoms with Gasteiger partial charge in [-0.05, 0) is 37.0 Å². The molecule has 1 aliphatic rings. The third-order valence-corrected chi connectivity index (χ3v) is 3.85. The highest BCUT2D eigenvalue weighted by Crippen LogP contribution is 2.22. The Morgan fingerprint density at radius 2 is 1.91 bits per heavy atom. The van der Waals surface area contributed by atoms with Gasteiger partial charge in [0.05, 0.1) is 6.04 Å². The van der Waals surface area contributed by atoms with Crippen molar-refractivity contribution in [2.75, 3.05) is 0 Å². The molecule has 0 bridgehead atoms. The van der Waals surface area contributed by atoms with Gasteiger partial charge in [-0.3, -0.25) is 0 Å². The number of hydrogen-bond donors (Lipinski definition) is 0. The van der Waals surface area contributed by atoms with Crippen molar-refractivity contribution in [1.29, 1.82) is 0 Å². The van der Waals surface area contributed by atoms with E-state index >= 15 is 0 Å². The third kappa shape index (κ3) is 5.30. The first-order valence-corrected chi connectivity index (χ1v) is 8.11. The lowest BCUT2D eigenvalue weighted by molar-refractivity contribution is 0.376. The van der Waals surface area contributed by atoms with Crippen molar-refractivity contribution < 1.29 is 0 Å². The first kappa shape index (κ1) is 16.8. The molecule has 1 nitrogen and oxygen atoms in total. The average Bonchev–Trinajstić information content (AvgIpc) is 2.62. The summed E-state index contributed by atoms with van der Waals surface area (Å²) in [5.41, 5.74) is 2.65. The largest absolute Gasteiger partial charge is 0.344 e. The van der Waals surface area contributed by atoms with Crippen LogP contribution in [0.2, 0.25) is 0 Å². The smallest absolute Gasteiger partial charge is 0.0551 e. The van der Waals surface area contributed by atoms with Crippen LogP contribution in [0.4, 0.5) is 0 Å². The first-order valence-electron chi connectivity index (χ1n) is 8.11. The van der Waals surface area contributed by atoms with Crippen LogP contribution in [0.3, 0.4) is 0 Å². The van der Waals surface area contributed by atoms with E-state index in [2.05, 4.69) is 78.9 Å². The van der Waals surface area contributed by atoms with Crippen LogP contribution >= 0.6 is 0 Å². The monoisotopic (exact) mass is 303 g/mol. The average molecular weight is 303 g/mol. The molecule has 0 N–H and O–H groups in total. The second-order valence-corrected chi connectivity index (χ2v) is 5.49. The molecule has 0 amide bonds. The molecule has 1 heteroatoms. The first-order chi connectivity index (χ1) is 11.3. The molecular weight excluding hydrogens is 278 g/mol. The van der Waals surface area contributed by atoms with Crippen molar-refractivity contribution in [3.05, 3.63) is 110 Å². The van der Waals surface area contributed by atoms with E-state index in [-0.39, 0.29) is 6.04 Å². The van der Waals surface area contributed by atoms with Crippen LogP contribution in [0, 0.1) is 0 Å². The Morgan fingerprint density at radius 1 is 1.09 bits per heavy atom. The predicted octanol–water partition coefficient (Wildman–Crippen LogP) is 5.58. The number of nitrogens with zero attached hydrogens (tertiary/aromatic N) is 1. The van der Waals surface area contributed by atoms with Crippen LogP contribution in [0.5, 0.6) is 0 Å². The maximum absolute atomic E-state index is 4.06. The molecule has 0 fully saturated rings. The van der Waals surface area contributed by atoms with Gasteiger partial charge in [-0.25, -0.2) is 0 Å². The lowest BCUT2D eigenvalue weighted by atomic mass is 10.0. The molecule has 2 rings (SSSR count). The zero-order valence-corrected chi connectivity index (χ0v) is 13.6. The highest BCUT2D eigenvalue weighted by atomic mass is 15.1. The lowest BCUT2D eigenvalue weighted by Crippen LogP contribution is -2.30. The molecule has 1 unspecified atom stereocenters. The van der Waals surface area contributed by atoms with E-state index in [0.29, 0.717) is 0 Å². The SMILES string of the molecule is C=C/C=C\C=C\N(C1=CC=CCC1)C(C=C)Cc1ccccc1. The van der Waals surface area contributed by atoms with Gasteiger partial charge in [0.15, 0.2) is 0 Å². The van der Waals surface area contributed by atoms with Gasteiger partial charge in [0.2, 0.25) is 0 Å². The summed E-state index contributed by atoms with van der Waals surface area (Å²) in [4.78, 5) is 2.33. The van der Waals surface area contributed by atoms with Gasteiger partial charge >= 0.3 is 0 Å². The summed E-state index contributed by atoms with van der Waals surface area (Å²) >= 11 is 0. The second-order valence-electron chi connectivity index (χ2n) is 5.49. The highest BCUT2D eigenvalue weighted by Gasteiger charge is 2.16. The van der Waals surface area contributed by atoms with Crippen molar-refractivity contribution >= 4 is 0 Å². The zero-order chi connectivity index (χ0) is 16.3. The van der Waals surface area contributed by atoms with Crippen molar-refractivity contribution in [2.24, 2.45) is 0 Å². The summed E-state index contributed by atoms with van der Waals surface area (Å²) in [5, 5.41) is 0. The van der Waals surface area contributed by atoms with Crippen LogP contribution in [-0.2, 0) is 6.42 Å². The maximum Gasteiger partial charge on any atom is 0.0551 e. The van der Waals surface area contributed by atoms with Gasteiger partial charge in [0.25, 0.3) is 0 Å². The lowest BCUT2D eigenvalue weighted by Gasteiger charge is -2.31. The van der Waals surface area contributed by atoms with Crippen LogP contribution < -0.4 is 0 Å². The second kappa shape index (κ2) is 9.47. The van der Waals surface area contributed by atoms with Crippen molar-refractivity contribution in [3.63, 3.8) is 0 Å². The Kier molecular flexibility index (Phi) is 6.93. The number of rotatable bonds is 8. The molecule has 23 heavy (non-hydrogen) atoms. The Hall–Kier alpha value is -2.54. The molecule has 1 aromatic rings. The minimum absolute atomic E-state index is 0.239. The molecule has 0 aromatic heterocycles. The number of benzene rings is 1. The zero-order valence-electron chi connectivity index (χ0n) is 13.6. The minimum Gasteiger partial charge on any atom is -0.344 e. The maximum atomic E-state index is 4.06. The number of hydrogen-bond acceptors (Lipinski definition) is 1. The summed E-state index contributed by atoms with van der Waals surface area (Å²) in [6.07, 6.45) is 21.6. The summed E-state index contributed by atoms with van der Waals surface area (Å²) in [7, 11) is 0. The summed E-state index contributed by atoms with van der Waals surface area (Å²) in [5.74, 6) is 0. The van der Waals surface area contributed by atoms with Crippen molar-refractivity contribution in [3.8, 4) is 0 Å². The molecule has 0 saturated heterocycles. The summed E-state index contributed by atoms with van der Waals surface area (Å²) < 4.78 is 0. The Labute approximate surface area is 140 Å². The van der Waals surface area contributed by atoms with E-state index in [1.54, 1.807) is 6.08 Å². The summed E-state index contributed by atoms with van der Waals surface area (Å²) in [6, 6.07) is 10.8. The highest BCUT2D eigenvalue weighted by molar-refractivity contribution is 5.24. The van der Waals surface area contributed by atoms with Gasteiger partial charge in [0.1, 0.15) is 0 Å². The molecule has 0 spiro atoms. The van der Waals surface area contributed by atoms with E-state index in [1.165, 1.54) is 11.3 Å². The van der Waals surface area contributed by atoms with E-state index in [4.69, 9.17) is 0 Å². The van der Waals surface area contributed by atoms with Gasteiger partial charge < -0.3 is 4.90 Å². The van der Waals surface area contributed by atoms with Gasteiger partial charge in [0, 0.05) is 11.9 Å². The van der Waals surface area contributed by atoms with E-state index in [1.807, 2.05) is 18.2 Å². The molecule has 1 aliphatic carbocycles.